The fourth-order valence-electron chi connectivity index (χ4n) is 3.63. The molecule has 0 atom stereocenters. The van der Waals surface area contributed by atoms with Crippen molar-refractivity contribution >= 4 is 32.4 Å². The van der Waals surface area contributed by atoms with Crippen LogP contribution >= 0.6 is 11.3 Å². The van der Waals surface area contributed by atoms with Crippen molar-refractivity contribution in [2.45, 2.75) is 24.7 Å². The average Bonchev–Trinajstić information content (AvgIpc) is 3.27. The minimum Gasteiger partial charge on any atom is -0.496 e. The van der Waals surface area contributed by atoms with E-state index in [1.165, 1.54) is 39.9 Å². The predicted octanol–water partition coefficient (Wildman–Crippen LogP) is 4.49. The van der Waals surface area contributed by atoms with E-state index in [-0.39, 0.29) is 10.8 Å². The topological polar surface area (TPSA) is 88.6 Å². The molecule has 0 radical (unpaired) electrons. The van der Waals surface area contributed by atoms with Crippen LogP contribution in [0.15, 0.2) is 58.8 Å². The summed E-state index contributed by atoms with van der Waals surface area (Å²) < 4.78 is 32.6. The maximum atomic E-state index is 12.9. The number of anilines is 1. The van der Waals surface area contributed by atoms with E-state index in [1.807, 2.05) is 29.6 Å². The Morgan fingerprint density at radius 1 is 1.12 bits per heavy atom. The van der Waals surface area contributed by atoms with Crippen molar-refractivity contribution in [2.24, 2.45) is 5.92 Å². The van der Waals surface area contributed by atoms with Gasteiger partial charge < -0.3 is 4.74 Å². The Kier molecular flexibility index (Phi) is 6.59. The first-order chi connectivity index (χ1) is 15.4. The van der Waals surface area contributed by atoms with Crippen LogP contribution in [-0.4, -0.2) is 43.8 Å². The van der Waals surface area contributed by atoms with Crippen molar-refractivity contribution in [1.29, 1.82) is 0 Å². The number of sulfonamides is 1. The van der Waals surface area contributed by atoms with E-state index < -0.39 is 10.0 Å². The van der Waals surface area contributed by atoms with E-state index in [4.69, 9.17) is 4.74 Å². The van der Waals surface area contributed by atoms with Gasteiger partial charge in [-0.25, -0.2) is 13.4 Å². The van der Waals surface area contributed by atoms with E-state index in [9.17, 15) is 13.2 Å². The summed E-state index contributed by atoms with van der Waals surface area (Å²) in [6.07, 6.45) is 1.73. The van der Waals surface area contributed by atoms with Crippen molar-refractivity contribution in [1.82, 2.24) is 9.29 Å². The number of hydrogen-bond donors (Lipinski definition) is 1. The molecule has 0 unspecified atom stereocenters. The summed E-state index contributed by atoms with van der Waals surface area (Å²) in [7, 11) is -1.94. The Balaban J connectivity index is 1.45. The number of carbonyl (C=O) groups is 1. The molecule has 0 saturated carbocycles. The molecule has 3 aromatic rings. The van der Waals surface area contributed by atoms with E-state index in [2.05, 4.69) is 17.2 Å². The van der Waals surface area contributed by atoms with E-state index in [0.29, 0.717) is 41.1 Å². The SMILES string of the molecule is COc1ccccc1-c1csc(NC(=O)c2ccc(S(=O)(=O)N3CCC(C)CC3)cc2)n1. The second-order valence-corrected chi connectivity index (χ2v) is 10.6. The summed E-state index contributed by atoms with van der Waals surface area (Å²) in [5, 5.41) is 5.08. The summed E-state index contributed by atoms with van der Waals surface area (Å²) in [5.41, 5.74) is 1.92. The lowest BCUT2D eigenvalue weighted by molar-refractivity contribution is 0.102. The molecule has 0 aliphatic carbocycles. The molecule has 1 fully saturated rings. The Morgan fingerprint density at radius 2 is 1.81 bits per heavy atom. The highest BCUT2D eigenvalue weighted by atomic mass is 32.2. The predicted molar refractivity (Wildman–Crippen MR) is 126 cm³/mol. The Morgan fingerprint density at radius 3 is 2.50 bits per heavy atom. The normalized spacial score (nSPS) is 15.4. The van der Waals surface area contributed by atoms with Gasteiger partial charge >= 0.3 is 0 Å². The smallest absolute Gasteiger partial charge is 0.257 e. The van der Waals surface area contributed by atoms with Crippen LogP contribution in [0, 0.1) is 5.92 Å². The number of rotatable bonds is 6. The molecule has 168 valence electrons. The van der Waals surface area contributed by atoms with Crippen molar-refractivity contribution < 1.29 is 17.9 Å². The zero-order chi connectivity index (χ0) is 22.7. The molecule has 1 amide bonds. The number of amides is 1. The first kappa shape index (κ1) is 22.4. The average molecular weight is 472 g/mol. The third-order valence-corrected chi connectivity index (χ3v) is 8.28. The maximum absolute atomic E-state index is 12.9. The van der Waals surface area contributed by atoms with Crippen LogP contribution in [0.25, 0.3) is 11.3 Å². The minimum atomic E-state index is -3.54. The van der Waals surface area contributed by atoms with Gasteiger partial charge in [-0.3, -0.25) is 10.1 Å². The van der Waals surface area contributed by atoms with Gasteiger partial charge in [0, 0.05) is 29.6 Å². The molecule has 2 heterocycles. The molecule has 9 heteroatoms. The molecule has 0 bridgehead atoms. The lowest BCUT2D eigenvalue weighted by Crippen LogP contribution is -2.37. The monoisotopic (exact) mass is 471 g/mol. The van der Waals surface area contributed by atoms with E-state index >= 15 is 0 Å². The van der Waals surface area contributed by atoms with Gasteiger partial charge in [0.05, 0.1) is 17.7 Å². The molecule has 1 aliphatic rings. The highest BCUT2D eigenvalue weighted by Crippen LogP contribution is 2.32. The van der Waals surface area contributed by atoms with E-state index in [1.54, 1.807) is 7.11 Å². The summed E-state index contributed by atoms with van der Waals surface area (Å²) in [6, 6.07) is 13.6. The van der Waals surface area contributed by atoms with Crippen LogP contribution in [0.5, 0.6) is 5.75 Å². The fourth-order valence-corrected chi connectivity index (χ4v) is 5.81. The molecular formula is C23H25N3O4S2. The molecule has 1 aliphatic heterocycles. The van der Waals surface area contributed by atoms with Gasteiger partial charge in [0.25, 0.3) is 5.91 Å². The number of benzene rings is 2. The number of methoxy groups -OCH3 is 1. The van der Waals surface area contributed by atoms with Crippen LogP contribution in [0.3, 0.4) is 0 Å². The minimum absolute atomic E-state index is 0.205. The number of carbonyl (C=O) groups excluding carboxylic acids is 1. The standard InChI is InChI=1S/C23H25N3O4S2/c1-16-11-13-26(14-12-16)32(28,29)18-9-7-17(8-10-18)22(27)25-23-24-20(15-31-23)19-5-3-4-6-21(19)30-2/h3-10,15-16H,11-14H2,1-2H3,(H,24,25,27). The van der Waals surface area contributed by atoms with Crippen molar-refractivity contribution in [3.05, 3.63) is 59.5 Å². The van der Waals surface area contributed by atoms with Crippen molar-refractivity contribution in [2.75, 3.05) is 25.5 Å². The van der Waals surface area contributed by atoms with Gasteiger partial charge in [-0.15, -0.1) is 11.3 Å². The number of nitrogens with zero attached hydrogens (tertiary/aromatic N) is 2. The number of hydrogen-bond acceptors (Lipinski definition) is 6. The molecule has 2 aromatic carbocycles. The molecule has 1 aromatic heterocycles. The molecule has 0 spiro atoms. The Bertz CT molecular complexity index is 1200. The summed E-state index contributed by atoms with van der Waals surface area (Å²) in [5.74, 6) is 0.902. The number of aromatic nitrogens is 1. The van der Waals surface area contributed by atoms with Gasteiger partial charge in [0.2, 0.25) is 10.0 Å². The quantitative estimate of drug-likeness (QED) is 0.572. The summed E-state index contributed by atoms with van der Waals surface area (Å²) in [4.78, 5) is 17.3. The molecule has 7 nitrogen and oxygen atoms in total. The van der Waals surface area contributed by atoms with Gasteiger partial charge in [-0.1, -0.05) is 19.1 Å². The van der Waals surface area contributed by atoms with E-state index in [0.717, 1.165) is 18.4 Å². The number of thiazole rings is 1. The van der Waals surface area contributed by atoms with Gasteiger partial charge in [-0.05, 0) is 55.2 Å². The molecule has 32 heavy (non-hydrogen) atoms. The number of para-hydroxylation sites is 1. The highest BCUT2D eigenvalue weighted by molar-refractivity contribution is 7.89. The maximum Gasteiger partial charge on any atom is 0.257 e. The Labute approximate surface area is 192 Å². The zero-order valence-corrected chi connectivity index (χ0v) is 19.6. The Hall–Kier alpha value is -2.75. The third kappa shape index (κ3) is 4.69. The summed E-state index contributed by atoms with van der Waals surface area (Å²) in [6.45, 7) is 3.20. The first-order valence-electron chi connectivity index (χ1n) is 10.4. The third-order valence-electron chi connectivity index (χ3n) is 5.60. The molecule has 4 rings (SSSR count). The first-order valence-corrected chi connectivity index (χ1v) is 12.7. The molecule has 1 N–H and O–H groups in total. The largest absolute Gasteiger partial charge is 0.496 e. The number of ether oxygens (including phenoxy) is 1. The zero-order valence-electron chi connectivity index (χ0n) is 17.9. The molecular weight excluding hydrogens is 446 g/mol. The number of piperidine rings is 1. The van der Waals surface area contributed by atoms with Crippen molar-refractivity contribution in [3.63, 3.8) is 0 Å². The lowest BCUT2D eigenvalue weighted by Gasteiger charge is -2.29. The van der Waals surface area contributed by atoms with Crippen LogP contribution in [0.1, 0.15) is 30.1 Å². The van der Waals surface area contributed by atoms with Gasteiger partial charge in [0.1, 0.15) is 5.75 Å². The van der Waals surface area contributed by atoms with Crippen LogP contribution in [0.2, 0.25) is 0 Å². The van der Waals surface area contributed by atoms with Crippen molar-refractivity contribution in [3.8, 4) is 17.0 Å². The second kappa shape index (κ2) is 9.40. The highest BCUT2D eigenvalue weighted by Gasteiger charge is 2.28. The van der Waals surface area contributed by atoms with Crippen LogP contribution in [-0.2, 0) is 10.0 Å². The van der Waals surface area contributed by atoms with Gasteiger partial charge in [-0.2, -0.15) is 4.31 Å². The van der Waals surface area contributed by atoms with Crippen LogP contribution < -0.4 is 10.1 Å². The lowest BCUT2D eigenvalue weighted by atomic mass is 10.0. The number of nitrogens with one attached hydrogen (secondary N) is 1. The van der Waals surface area contributed by atoms with Crippen LogP contribution in [0.4, 0.5) is 5.13 Å². The molecule has 1 saturated heterocycles. The van der Waals surface area contributed by atoms with Gasteiger partial charge in [0.15, 0.2) is 5.13 Å². The second-order valence-electron chi connectivity index (χ2n) is 7.80. The summed E-state index contributed by atoms with van der Waals surface area (Å²) >= 11 is 1.31. The fraction of sp³-hybridized carbons (Fsp3) is 0.304.